The van der Waals surface area contributed by atoms with E-state index in [0.29, 0.717) is 5.75 Å². The van der Waals surface area contributed by atoms with Gasteiger partial charge in [-0.15, -0.1) is 0 Å². The van der Waals surface area contributed by atoms with E-state index in [4.69, 9.17) is 4.74 Å². The van der Waals surface area contributed by atoms with E-state index in [1.165, 1.54) is 4.90 Å². The number of carbonyl (C=O) groups is 2. The van der Waals surface area contributed by atoms with E-state index in [1.54, 1.807) is 14.0 Å². The summed E-state index contributed by atoms with van der Waals surface area (Å²) in [7, 11) is 1.60. The highest BCUT2D eigenvalue weighted by Crippen LogP contribution is 2.14. The lowest BCUT2D eigenvalue weighted by atomic mass is 10.1. The first-order valence-corrected chi connectivity index (χ1v) is 7.38. The highest BCUT2D eigenvalue weighted by molar-refractivity contribution is 5.87. The molecule has 0 fully saturated rings. The van der Waals surface area contributed by atoms with Crippen LogP contribution in [0, 0.1) is 6.92 Å². The van der Waals surface area contributed by atoms with Crippen LogP contribution in [0.15, 0.2) is 24.3 Å². The number of hydrogen-bond acceptors (Lipinski definition) is 3. The molecular weight excluding hydrogens is 280 g/mol. The molecule has 1 aromatic rings. The van der Waals surface area contributed by atoms with Crippen molar-refractivity contribution >= 4 is 11.8 Å². The first kappa shape index (κ1) is 18.0. The van der Waals surface area contributed by atoms with Crippen molar-refractivity contribution in [3.8, 4) is 5.75 Å². The minimum absolute atomic E-state index is 0.0116. The number of likely N-dealkylation sites (N-methyl/N-ethyl adjacent to an activating group) is 1. The number of rotatable bonds is 5. The summed E-state index contributed by atoms with van der Waals surface area (Å²) in [5.41, 5.74) is 0.813. The van der Waals surface area contributed by atoms with Crippen LogP contribution in [0.2, 0.25) is 0 Å². The maximum absolute atomic E-state index is 12.2. The van der Waals surface area contributed by atoms with Gasteiger partial charge in [0.05, 0.1) is 6.54 Å². The Hall–Kier alpha value is -2.04. The van der Waals surface area contributed by atoms with E-state index < -0.39 is 6.10 Å². The van der Waals surface area contributed by atoms with Crippen LogP contribution in [0.25, 0.3) is 0 Å². The van der Waals surface area contributed by atoms with Crippen molar-refractivity contribution in [1.82, 2.24) is 10.2 Å². The summed E-state index contributed by atoms with van der Waals surface area (Å²) < 4.78 is 5.61. The van der Waals surface area contributed by atoms with Gasteiger partial charge < -0.3 is 15.0 Å². The van der Waals surface area contributed by atoms with Gasteiger partial charge in [0.25, 0.3) is 5.91 Å². The van der Waals surface area contributed by atoms with Crippen LogP contribution < -0.4 is 10.1 Å². The van der Waals surface area contributed by atoms with Crippen molar-refractivity contribution in [1.29, 1.82) is 0 Å². The molecule has 1 rings (SSSR count). The largest absolute Gasteiger partial charge is 0.481 e. The average Bonchev–Trinajstić information content (AvgIpc) is 2.38. The highest BCUT2D eigenvalue weighted by atomic mass is 16.5. The summed E-state index contributed by atoms with van der Waals surface area (Å²) in [4.78, 5) is 25.5. The molecule has 1 aromatic carbocycles. The van der Waals surface area contributed by atoms with Gasteiger partial charge in [-0.25, -0.2) is 0 Å². The van der Waals surface area contributed by atoms with E-state index in [-0.39, 0.29) is 23.9 Å². The number of aryl methyl sites for hydroxylation is 1. The second-order valence-electron chi connectivity index (χ2n) is 6.57. The monoisotopic (exact) mass is 306 g/mol. The summed E-state index contributed by atoms with van der Waals surface area (Å²) >= 11 is 0. The number of carbonyl (C=O) groups excluding carboxylic acids is 2. The zero-order valence-electron chi connectivity index (χ0n) is 14.3. The Labute approximate surface area is 132 Å². The van der Waals surface area contributed by atoms with Gasteiger partial charge in [-0.05, 0) is 46.8 Å². The molecule has 5 nitrogen and oxygen atoms in total. The Morgan fingerprint density at radius 1 is 1.23 bits per heavy atom. The SMILES string of the molecule is Cc1ccc(OC(C)C(=O)N(C)CC(=O)NC(C)(C)C)cc1. The molecule has 1 N–H and O–H groups in total. The van der Waals surface area contributed by atoms with Gasteiger partial charge in [0.15, 0.2) is 6.10 Å². The van der Waals surface area contributed by atoms with Gasteiger partial charge in [0.2, 0.25) is 5.91 Å². The van der Waals surface area contributed by atoms with E-state index in [1.807, 2.05) is 52.0 Å². The molecule has 0 heterocycles. The highest BCUT2D eigenvalue weighted by Gasteiger charge is 2.22. The number of benzene rings is 1. The van der Waals surface area contributed by atoms with Crippen molar-refractivity contribution in [2.75, 3.05) is 13.6 Å². The molecule has 1 atom stereocenters. The Bertz CT molecular complexity index is 518. The number of ether oxygens (including phenoxy) is 1. The smallest absolute Gasteiger partial charge is 0.263 e. The summed E-state index contributed by atoms with van der Waals surface area (Å²) in [5, 5.41) is 2.83. The van der Waals surface area contributed by atoms with Gasteiger partial charge in [0, 0.05) is 12.6 Å². The molecule has 0 aliphatic heterocycles. The third-order valence-electron chi connectivity index (χ3n) is 2.95. The maximum Gasteiger partial charge on any atom is 0.263 e. The lowest BCUT2D eigenvalue weighted by molar-refractivity contribution is -0.140. The lowest BCUT2D eigenvalue weighted by Gasteiger charge is -2.25. The minimum atomic E-state index is -0.643. The molecule has 2 amide bonds. The third-order valence-corrected chi connectivity index (χ3v) is 2.95. The molecule has 0 aromatic heterocycles. The second kappa shape index (κ2) is 7.29. The zero-order valence-corrected chi connectivity index (χ0v) is 14.3. The summed E-state index contributed by atoms with van der Waals surface area (Å²) in [5.74, 6) is 0.217. The Balaban J connectivity index is 2.54. The van der Waals surface area contributed by atoms with Crippen LogP contribution in [0.4, 0.5) is 0 Å². The van der Waals surface area contributed by atoms with Crippen LogP contribution >= 0.6 is 0 Å². The van der Waals surface area contributed by atoms with Gasteiger partial charge in [-0.2, -0.15) is 0 Å². The fourth-order valence-electron chi connectivity index (χ4n) is 1.93. The quantitative estimate of drug-likeness (QED) is 0.906. The van der Waals surface area contributed by atoms with Crippen LogP contribution in [0.5, 0.6) is 5.75 Å². The molecule has 0 aliphatic carbocycles. The Morgan fingerprint density at radius 2 is 1.77 bits per heavy atom. The molecule has 22 heavy (non-hydrogen) atoms. The number of nitrogens with one attached hydrogen (secondary N) is 1. The van der Waals surface area contributed by atoms with Crippen LogP contribution in [-0.2, 0) is 9.59 Å². The van der Waals surface area contributed by atoms with Gasteiger partial charge in [0.1, 0.15) is 5.75 Å². The summed E-state index contributed by atoms with van der Waals surface area (Å²) in [6, 6.07) is 7.50. The van der Waals surface area contributed by atoms with Crippen LogP contribution in [-0.4, -0.2) is 41.9 Å². The molecule has 0 radical (unpaired) electrons. The summed E-state index contributed by atoms with van der Waals surface area (Å²) in [6.45, 7) is 9.37. The van der Waals surface area contributed by atoms with Crippen molar-refractivity contribution in [3.63, 3.8) is 0 Å². The predicted molar refractivity (Wildman–Crippen MR) is 86.8 cm³/mol. The molecule has 122 valence electrons. The van der Waals surface area contributed by atoms with Crippen molar-refractivity contribution in [2.24, 2.45) is 0 Å². The average molecular weight is 306 g/mol. The first-order valence-electron chi connectivity index (χ1n) is 7.38. The topological polar surface area (TPSA) is 58.6 Å². The minimum Gasteiger partial charge on any atom is -0.481 e. The molecule has 0 spiro atoms. The van der Waals surface area contributed by atoms with Crippen LogP contribution in [0.3, 0.4) is 0 Å². The van der Waals surface area contributed by atoms with Crippen molar-refractivity contribution < 1.29 is 14.3 Å². The van der Waals surface area contributed by atoms with E-state index >= 15 is 0 Å². The maximum atomic E-state index is 12.2. The molecule has 0 aliphatic rings. The number of hydrogen-bond donors (Lipinski definition) is 1. The summed E-state index contributed by atoms with van der Waals surface area (Å²) in [6.07, 6.45) is -0.643. The number of amides is 2. The van der Waals surface area contributed by atoms with Gasteiger partial charge >= 0.3 is 0 Å². The molecular formula is C17H26N2O3. The molecule has 1 unspecified atom stereocenters. The third kappa shape index (κ3) is 6.16. The van der Waals surface area contributed by atoms with Crippen molar-refractivity contribution in [3.05, 3.63) is 29.8 Å². The van der Waals surface area contributed by atoms with Gasteiger partial charge in [-0.1, -0.05) is 17.7 Å². The van der Waals surface area contributed by atoms with Crippen molar-refractivity contribution in [2.45, 2.75) is 46.3 Å². The molecule has 5 heteroatoms. The lowest BCUT2D eigenvalue weighted by Crippen LogP contribution is -2.48. The van der Waals surface area contributed by atoms with Crippen LogP contribution in [0.1, 0.15) is 33.3 Å². The molecule has 0 bridgehead atoms. The second-order valence-corrected chi connectivity index (χ2v) is 6.57. The Morgan fingerprint density at radius 3 is 2.27 bits per heavy atom. The first-order chi connectivity index (χ1) is 10.1. The predicted octanol–water partition coefficient (Wildman–Crippen LogP) is 2.14. The zero-order chi connectivity index (χ0) is 16.9. The molecule has 0 saturated heterocycles. The normalized spacial score (nSPS) is 12.5. The number of nitrogens with zero attached hydrogens (tertiary/aromatic N) is 1. The fourth-order valence-corrected chi connectivity index (χ4v) is 1.93. The Kier molecular flexibility index (Phi) is 5.97. The van der Waals surface area contributed by atoms with Gasteiger partial charge in [-0.3, -0.25) is 9.59 Å². The fraction of sp³-hybridized carbons (Fsp3) is 0.529. The standard InChI is InChI=1S/C17H26N2O3/c1-12-7-9-14(10-8-12)22-13(2)16(21)19(6)11-15(20)18-17(3,4)5/h7-10,13H,11H2,1-6H3,(H,18,20). The molecule has 0 saturated carbocycles. The van der Waals surface area contributed by atoms with E-state index in [9.17, 15) is 9.59 Å². The van der Waals surface area contributed by atoms with E-state index in [2.05, 4.69) is 5.32 Å². The van der Waals surface area contributed by atoms with E-state index in [0.717, 1.165) is 5.56 Å².